The maximum absolute atomic E-state index is 11.0. The number of imidazole rings is 1. The Kier molecular flexibility index (Phi) is 4.57. The van der Waals surface area contributed by atoms with Gasteiger partial charge < -0.3 is 10.2 Å². The molecule has 0 aliphatic carbocycles. The van der Waals surface area contributed by atoms with E-state index in [0.717, 1.165) is 35.4 Å². The second-order valence-corrected chi connectivity index (χ2v) is 6.19. The van der Waals surface area contributed by atoms with Gasteiger partial charge in [0.2, 0.25) is 5.91 Å². The van der Waals surface area contributed by atoms with Gasteiger partial charge in [-0.3, -0.25) is 9.20 Å². The molecule has 2 heterocycles. The summed E-state index contributed by atoms with van der Waals surface area (Å²) in [5.74, 6) is 0.975. The summed E-state index contributed by atoms with van der Waals surface area (Å²) < 4.78 is 2.04. The molecule has 0 aliphatic heterocycles. The molecule has 0 bridgehead atoms. The molecule has 0 unspecified atom stereocenters. The Morgan fingerprint density at radius 3 is 2.88 bits per heavy atom. The van der Waals surface area contributed by atoms with Gasteiger partial charge in [-0.15, -0.1) is 0 Å². The van der Waals surface area contributed by atoms with E-state index in [1.165, 1.54) is 6.92 Å². The molecule has 1 aromatic carbocycles. The van der Waals surface area contributed by atoms with E-state index in [-0.39, 0.29) is 5.91 Å². The first-order valence-corrected chi connectivity index (χ1v) is 8.29. The van der Waals surface area contributed by atoms with Crippen molar-refractivity contribution in [3.8, 4) is 6.07 Å². The number of carbonyl (C=O) groups is 1. The Morgan fingerprint density at radius 1 is 1.40 bits per heavy atom. The molecular formula is C19H21N5O. The lowest BCUT2D eigenvalue weighted by Crippen LogP contribution is -2.27. The Balaban J connectivity index is 2.05. The number of nitrogens with zero attached hydrogens (tertiary/aromatic N) is 4. The lowest BCUT2D eigenvalue weighted by atomic mass is 10.1. The molecule has 1 amide bonds. The van der Waals surface area contributed by atoms with Crippen molar-refractivity contribution >= 4 is 28.4 Å². The highest BCUT2D eigenvalue weighted by Gasteiger charge is 2.16. The van der Waals surface area contributed by atoms with Gasteiger partial charge >= 0.3 is 0 Å². The second kappa shape index (κ2) is 6.81. The molecule has 25 heavy (non-hydrogen) atoms. The van der Waals surface area contributed by atoms with Crippen molar-refractivity contribution in [2.24, 2.45) is 0 Å². The van der Waals surface area contributed by atoms with E-state index in [1.54, 1.807) is 0 Å². The number of aryl methyl sites for hydroxylation is 1. The molecule has 0 saturated heterocycles. The fourth-order valence-corrected chi connectivity index (χ4v) is 3.05. The fourth-order valence-electron chi connectivity index (χ4n) is 3.05. The molecule has 0 fully saturated rings. The summed E-state index contributed by atoms with van der Waals surface area (Å²) in [7, 11) is 2.02. The van der Waals surface area contributed by atoms with Gasteiger partial charge in [0.05, 0.1) is 16.6 Å². The summed E-state index contributed by atoms with van der Waals surface area (Å²) in [4.78, 5) is 17.8. The molecule has 0 spiro atoms. The quantitative estimate of drug-likeness (QED) is 0.728. The van der Waals surface area contributed by atoms with Crippen molar-refractivity contribution in [3.05, 3.63) is 41.5 Å². The third-order valence-corrected chi connectivity index (χ3v) is 4.30. The topological polar surface area (TPSA) is 73.4 Å². The van der Waals surface area contributed by atoms with Gasteiger partial charge in [-0.25, -0.2) is 4.98 Å². The highest BCUT2D eigenvalue weighted by molar-refractivity contribution is 5.85. The van der Waals surface area contributed by atoms with E-state index in [2.05, 4.69) is 21.3 Å². The lowest BCUT2D eigenvalue weighted by Gasteiger charge is -2.22. The van der Waals surface area contributed by atoms with Gasteiger partial charge in [-0.05, 0) is 37.1 Å². The predicted octanol–water partition coefficient (Wildman–Crippen LogP) is 2.63. The van der Waals surface area contributed by atoms with Crippen molar-refractivity contribution in [3.63, 3.8) is 0 Å². The average molecular weight is 335 g/mol. The number of para-hydroxylation sites is 2. The van der Waals surface area contributed by atoms with E-state index in [9.17, 15) is 10.1 Å². The van der Waals surface area contributed by atoms with Crippen LogP contribution in [0.1, 0.15) is 24.5 Å². The maximum atomic E-state index is 11.0. The zero-order valence-corrected chi connectivity index (χ0v) is 14.7. The fraction of sp³-hybridized carbons (Fsp3) is 0.316. The van der Waals surface area contributed by atoms with Crippen LogP contribution in [0.4, 0.5) is 5.82 Å². The summed E-state index contributed by atoms with van der Waals surface area (Å²) >= 11 is 0. The van der Waals surface area contributed by atoms with Crippen LogP contribution < -0.4 is 10.2 Å². The van der Waals surface area contributed by atoms with Crippen LogP contribution in [-0.2, 0) is 4.79 Å². The zero-order chi connectivity index (χ0) is 18.0. The number of pyridine rings is 1. The standard InChI is InChI=1S/C19H21N5O/c1-13-11-18(23(3)10-6-9-21-14(2)25)24-17-8-5-4-7-16(17)22-19(24)15(13)12-20/h4-5,7-8,11H,6,9-10H2,1-3H3,(H,21,25). The predicted molar refractivity (Wildman–Crippen MR) is 98.7 cm³/mol. The molecule has 6 heteroatoms. The van der Waals surface area contributed by atoms with E-state index >= 15 is 0 Å². The number of aromatic nitrogens is 2. The minimum atomic E-state index is -0.0140. The number of anilines is 1. The number of benzene rings is 1. The van der Waals surface area contributed by atoms with Gasteiger partial charge in [-0.2, -0.15) is 5.26 Å². The van der Waals surface area contributed by atoms with E-state index in [1.807, 2.05) is 48.7 Å². The van der Waals surface area contributed by atoms with E-state index in [0.29, 0.717) is 17.8 Å². The summed E-state index contributed by atoms with van der Waals surface area (Å²) in [5, 5.41) is 12.4. The number of hydrogen-bond donors (Lipinski definition) is 1. The monoisotopic (exact) mass is 335 g/mol. The van der Waals surface area contributed by atoms with E-state index < -0.39 is 0 Å². The van der Waals surface area contributed by atoms with Crippen LogP contribution in [0.15, 0.2) is 30.3 Å². The second-order valence-electron chi connectivity index (χ2n) is 6.19. The van der Waals surface area contributed by atoms with Crippen LogP contribution in [0.2, 0.25) is 0 Å². The van der Waals surface area contributed by atoms with Gasteiger partial charge in [0.25, 0.3) is 0 Å². The molecule has 128 valence electrons. The Labute approximate surface area is 146 Å². The summed E-state index contributed by atoms with van der Waals surface area (Å²) in [6.07, 6.45) is 0.837. The van der Waals surface area contributed by atoms with Crippen LogP contribution in [0.3, 0.4) is 0 Å². The molecule has 0 aliphatic rings. The number of nitrogens with one attached hydrogen (secondary N) is 1. The molecular weight excluding hydrogens is 314 g/mol. The molecule has 2 aromatic heterocycles. The van der Waals surface area contributed by atoms with Crippen molar-refractivity contribution < 1.29 is 4.79 Å². The first-order valence-electron chi connectivity index (χ1n) is 8.29. The van der Waals surface area contributed by atoms with Gasteiger partial charge in [-0.1, -0.05) is 12.1 Å². The zero-order valence-electron chi connectivity index (χ0n) is 14.7. The van der Waals surface area contributed by atoms with Crippen LogP contribution in [0.5, 0.6) is 0 Å². The normalized spacial score (nSPS) is 10.8. The largest absolute Gasteiger partial charge is 0.361 e. The third-order valence-electron chi connectivity index (χ3n) is 4.30. The Bertz CT molecular complexity index is 983. The van der Waals surface area contributed by atoms with Crippen LogP contribution >= 0.6 is 0 Å². The molecule has 3 aromatic rings. The maximum Gasteiger partial charge on any atom is 0.216 e. The number of amides is 1. The highest BCUT2D eigenvalue weighted by Crippen LogP contribution is 2.28. The van der Waals surface area contributed by atoms with Crippen molar-refractivity contribution in [2.75, 3.05) is 25.0 Å². The van der Waals surface area contributed by atoms with Crippen molar-refractivity contribution in [2.45, 2.75) is 20.3 Å². The van der Waals surface area contributed by atoms with Gasteiger partial charge in [0.1, 0.15) is 11.9 Å². The van der Waals surface area contributed by atoms with Crippen LogP contribution in [0.25, 0.3) is 16.7 Å². The summed E-state index contributed by atoms with van der Waals surface area (Å²) in [6.45, 7) is 4.89. The molecule has 3 rings (SSSR count). The molecule has 0 saturated carbocycles. The number of hydrogen-bond acceptors (Lipinski definition) is 4. The minimum Gasteiger partial charge on any atom is -0.361 e. The third kappa shape index (κ3) is 3.13. The van der Waals surface area contributed by atoms with E-state index in [4.69, 9.17) is 0 Å². The molecule has 0 radical (unpaired) electrons. The average Bonchev–Trinajstić information content (AvgIpc) is 2.96. The van der Waals surface area contributed by atoms with Crippen LogP contribution in [0, 0.1) is 18.3 Å². The van der Waals surface area contributed by atoms with Gasteiger partial charge in [0, 0.05) is 27.1 Å². The first kappa shape index (κ1) is 16.8. The Morgan fingerprint density at radius 2 is 2.16 bits per heavy atom. The smallest absolute Gasteiger partial charge is 0.216 e. The molecule has 1 N–H and O–H groups in total. The number of nitriles is 1. The van der Waals surface area contributed by atoms with Gasteiger partial charge in [0.15, 0.2) is 5.65 Å². The SMILES string of the molecule is CC(=O)NCCCN(C)c1cc(C)c(C#N)c2nc3ccccc3n12. The van der Waals surface area contributed by atoms with Crippen LogP contribution in [-0.4, -0.2) is 35.4 Å². The van der Waals surface area contributed by atoms with Crippen molar-refractivity contribution in [1.29, 1.82) is 5.26 Å². The van der Waals surface area contributed by atoms with Crippen molar-refractivity contribution in [1.82, 2.24) is 14.7 Å². The lowest BCUT2D eigenvalue weighted by molar-refractivity contribution is -0.118. The first-order chi connectivity index (χ1) is 12.0. The molecule has 6 nitrogen and oxygen atoms in total. The number of fused-ring (bicyclic) bond motifs is 3. The number of carbonyl (C=O) groups excluding carboxylic acids is 1. The molecule has 0 atom stereocenters. The minimum absolute atomic E-state index is 0.0140. The number of rotatable bonds is 5. The summed E-state index contributed by atoms with van der Waals surface area (Å²) in [5.41, 5.74) is 4.06. The highest BCUT2D eigenvalue weighted by atomic mass is 16.1. The summed E-state index contributed by atoms with van der Waals surface area (Å²) in [6, 6.07) is 12.2. The Hall–Kier alpha value is -3.07.